The molecule has 0 radical (unpaired) electrons. The Labute approximate surface area is 151 Å². The topological polar surface area (TPSA) is 98.5 Å². The van der Waals surface area contributed by atoms with Crippen LogP contribution in [-0.2, 0) is 20.5 Å². The van der Waals surface area contributed by atoms with Crippen molar-refractivity contribution in [2.24, 2.45) is 17.8 Å². The quantitative estimate of drug-likeness (QED) is 0.373. The maximum absolute atomic E-state index is 13.1. The van der Waals surface area contributed by atoms with Crippen LogP contribution in [0.3, 0.4) is 0 Å². The fourth-order valence-electron chi connectivity index (χ4n) is 3.48. The Balaban J connectivity index is 1.84. The van der Waals surface area contributed by atoms with Gasteiger partial charge in [0, 0.05) is 11.8 Å². The zero-order chi connectivity index (χ0) is 19.8. The number of halogens is 3. The first-order chi connectivity index (χ1) is 12.7. The molecule has 0 aromatic heterocycles. The van der Waals surface area contributed by atoms with E-state index in [2.05, 4.69) is 5.32 Å². The molecule has 1 heterocycles. The molecule has 0 unspecified atom stereocenters. The summed E-state index contributed by atoms with van der Waals surface area (Å²) in [7, 11) is 0. The number of carbonyl (C=O) groups excluding carboxylic acids is 2. The van der Waals surface area contributed by atoms with Crippen molar-refractivity contribution in [2.75, 3.05) is 11.9 Å². The standard InChI is InChI=1S/C17H15F3N2O5/c18-17(19,20)12-8-10(4-5-13(12)22(25)26)21-15(23)11-3-1-2-9-6-7-27-16(24)14(9)11/h1-2,4-5,8-9,11,14H,3,6-7H2,(H,21,23)/t9-,11-,14+/m1/s1. The van der Waals surface area contributed by atoms with Crippen LogP contribution in [0.15, 0.2) is 30.4 Å². The Morgan fingerprint density at radius 1 is 1.33 bits per heavy atom. The zero-order valence-corrected chi connectivity index (χ0v) is 13.9. The molecule has 1 saturated heterocycles. The molecule has 0 bridgehead atoms. The maximum atomic E-state index is 13.1. The lowest BCUT2D eigenvalue weighted by Gasteiger charge is -2.35. The van der Waals surface area contributed by atoms with E-state index in [1.54, 1.807) is 6.08 Å². The molecule has 2 aliphatic rings. The molecule has 1 aromatic rings. The van der Waals surface area contributed by atoms with Gasteiger partial charge in [-0.1, -0.05) is 12.2 Å². The van der Waals surface area contributed by atoms with Gasteiger partial charge in [-0.3, -0.25) is 19.7 Å². The van der Waals surface area contributed by atoms with Gasteiger partial charge in [0.25, 0.3) is 5.69 Å². The minimum Gasteiger partial charge on any atom is -0.465 e. The van der Waals surface area contributed by atoms with Gasteiger partial charge >= 0.3 is 12.1 Å². The Hall–Kier alpha value is -2.91. The number of carbonyl (C=O) groups is 2. The number of allylic oxidation sites excluding steroid dienone is 2. The molecule has 0 spiro atoms. The van der Waals surface area contributed by atoms with Crippen LogP contribution in [-0.4, -0.2) is 23.4 Å². The number of fused-ring (bicyclic) bond motifs is 1. The number of hydrogen-bond donors (Lipinski definition) is 1. The number of cyclic esters (lactones) is 1. The Bertz CT molecular complexity index is 821. The number of ether oxygens (including phenoxy) is 1. The van der Waals surface area contributed by atoms with Crippen LogP contribution in [0.25, 0.3) is 0 Å². The summed E-state index contributed by atoms with van der Waals surface area (Å²) in [4.78, 5) is 34.3. The van der Waals surface area contributed by atoms with Crippen molar-refractivity contribution >= 4 is 23.3 Å². The summed E-state index contributed by atoms with van der Waals surface area (Å²) in [6, 6.07) is 2.24. The van der Waals surface area contributed by atoms with E-state index in [1.165, 1.54) is 0 Å². The van der Waals surface area contributed by atoms with E-state index >= 15 is 0 Å². The maximum Gasteiger partial charge on any atom is 0.423 e. The number of anilines is 1. The lowest BCUT2D eigenvalue weighted by molar-refractivity contribution is -0.388. The lowest BCUT2D eigenvalue weighted by atomic mass is 9.73. The number of benzene rings is 1. The molecule has 1 N–H and O–H groups in total. The summed E-state index contributed by atoms with van der Waals surface area (Å²) >= 11 is 0. The van der Waals surface area contributed by atoms with Crippen LogP contribution in [0.5, 0.6) is 0 Å². The van der Waals surface area contributed by atoms with Crippen LogP contribution in [0.4, 0.5) is 24.5 Å². The number of alkyl halides is 3. The van der Waals surface area contributed by atoms with E-state index in [1.807, 2.05) is 6.08 Å². The molecule has 1 aliphatic heterocycles. The van der Waals surface area contributed by atoms with E-state index in [4.69, 9.17) is 4.74 Å². The van der Waals surface area contributed by atoms with Gasteiger partial charge < -0.3 is 10.1 Å². The Morgan fingerprint density at radius 3 is 2.74 bits per heavy atom. The van der Waals surface area contributed by atoms with Crippen LogP contribution in [0.2, 0.25) is 0 Å². The van der Waals surface area contributed by atoms with Crippen molar-refractivity contribution in [2.45, 2.75) is 19.0 Å². The van der Waals surface area contributed by atoms with Crippen molar-refractivity contribution in [1.29, 1.82) is 0 Å². The number of amides is 1. The lowest BCUT2D eigenvalue weighted by Crippen LogP contribution is -2.43. The summed E-state index contributed by atoms with van der Waals surface area (Å²) < 4.78 is 44.2. The number of nitro groups is 1. The third-order valence-corrected chi connectivity index (χ3v) is 4.74. The number of esters is 1. The normalized spacial score (nSPS) is 24.7. The largest absolute Gasteiger partial charge is 0.465 e. The summed E-state index contributed by atoms with van der Waals surface area (Å²) in [5, 5.41) is 13.1. The second kappa shape index (κ2) is 7.01. The molecule has 144 valence electrons. The summed E-state index contributed by atoms with van der Waals surface area (Å²) in [6.45, 7) is 0.260. The monoisotopic (exact) mass is 384 g/mol. The second-order valence-electron chi connectivity index (χ2n) is 6.39. The predicted molar refractivity (Wildman–Crippen MR) is 86.5 cm³/mol. The number of rotatable bonds is 3. The van der Waals surface area contributed by atoms with Crippen LogP contribution >= 0.6 is 0 Å². The minimum atomic E-state index is -4.95. The van der Waals surface area contributed by atoms with E-state index < -0.39 is 46.1 Å². The first-order valence-electron chi connectivity index (χ1n) is 8.18. The number of hydrogen-bond acceptors (Lipinski definition) is 5. The average molecular weight is 384 g/mol. The van der Waals surface area contributed by atoms with E-state index in [0.29, 0.717) is 18.6 Å². The van der Waals surface area contributed by atoms with Crippen molar-refractivity contribution in [3.63, 3.8) is 0 Å². The molecule has 10 heteroatoms. The summed E-state index contributed by atoms with van der Waals surface area (Å²) in [6.07, 6.45) is -0.508. The molecule has 27 heavy (non-hydrogen) atoms. The minimum absolute atomic E-state index is 0.154. The van der Waals surface area contributed by atoms with Gasteiger partial charge in [0.1, 0.15) is 5.56 Å². The van der Waals surface area contributed by atoms with Crippen LogP contribution in [0, 0.1) is 27.9 Å². The van der Waals surface area contributed by atoms with Crippen molar-refractivity contribution < 1.29 is 32.4 Å². The highest BCUT2D eigenvalue weighted by molar-refractivity contribution is 5.96. The number of nitrogens with zero attached hydrogens (tertiary/aromatic N) is 1. The molecular formula is C17H15F3N2O5. The molecule has 7 nitrogen and oxygen atoms in total. The van der Waals surface area contributed by atoms with Gasteiger partial charge in [-0.25, -0.2) is 0 Å². The molecule has 0 saturated carbocycles. The molecule has 1 aliphatic carbocycles. The average Bonchev–Trinajstić information content (AvgIpc) is 2.60. The molecule has 1 fully saturated rings. The SMILES string of the molecule is O=C1OCC[C@H]2C=CC[C@@H](C(=O)Nc3ccc([N+](=O)[O-])c(C(F)(F)F)c3)[C@@H]12. The smallest absolute Gasteiger partial charge is 0.423 e. The molecule has 3 rings (SSSR count). The van der Waals surface area contributed by atoms with E-state index in [0.717, 1.165) is 6.07 Å². The van der Waals surface area contributed by atoms with Crippen molar-refractivity contribution in [3.8, 4) is 0 Å². The first-order valence-corrected chi connectivity index (χ1v) is 8.18. The third kappa shape index (κ3) is 3.79. The molecule has 1 aromatic carbocycles. The van der Waals surface area contributed by atoms with Gasteiger partial charge in [0.05, 0.1) is 23.4 Å². The van der Waals surface area contributed by atoms with Gasteiger partial charge in [-0.05, 0) is 30.9 Å². The number of nitro benzene ring substituents is 1. The third-order valence-electron chi connectivity index (χ3n) is 4.74. The molecule has 1 amide bonds. The predicted octanol–water partition coefficient (Wildman–Crippen LogP) is 3.31. The first kappa shape index (κ1) is 18.9. The summed E-state index contributed by atoms with van der Waals surface area (Å²) in [5.41, 5.74) is -2.78. The van der Waals surface area contributed by atoms with E-state index in [9.17, 15) is 32.9 Å². The highest BCUT2D eigenvalue weighted by Gasteiger charge is 2.43. The molecule has 3 atom stereocenters. The highest BCUT2D eigenvalue weighted by Crippen LogP contribution is 2.39. The van der Waals surface area contributed by atoms with Gasteiger partial charge in [0.15, 0.2) is 0 Å². The van der Waals surface area contributed by atoms with Gasteiger partial charge in [-0.2, -0.15) is 13.2 Å². The van der Waals surface area contributed by atoms with Crippen LogP contribution in [0.1, 0.15) is 18.4 Å². The zero-order valence-electron chi connectivity index (χ0n) is 13.9. The second-order valence-corrected chi connectivity index (χ2v) is 6.39. The molecular weight excluding hydrogens is 369 g/mol. The van der Waals surface area contributed by atoms with Crippen LogP contribution < -0.4 is 5.32 Å². The van der Waals surface area contributed by atoms with Crippen molar-refractivity contribution in [1.82, 2.24) is 0 Å². The van der Waals surface area contributed by atoms with E-state index in [-0.39, 0.29) is 24.6 Å². The Kier molecular flexibility index (Phi) is 4.90. The number of nitrogens with one attached hydrogen (secondary N) is 1. The Morgan fingerprint density at radius 2 is 2.07 bits per heavy atom. The fourth-order valence-corrected chi connectivity index (χ4v) is 3.48. The van der Waals surface area contributed by atoms with Gasteiger partial charge in [0.2, 0.25) is 5.91 Å². The highest BCUT2D eigenvalue weighted by atomic mass is 19.4. The van der Waals surface area contributed by atoms with Gasteiger partial charge in [-0.15, -0.1) is 0 Å². The fraction of sp³-hybridized carbons (Fsp3) is 0.412. The summed E-state index contributed by atoms with van der Waals surface area (Å²) in [5.74, 6) is -2.76. The van der Waals surface area contributed by atoms with Crippen molar-refractivity contribution in [3.05, 3.63) is 46.0 Å².